The number of hydrogen-bond donors (Lipinski definition) is 0. The Morgan fingerprint density at radius 2 is 2.22 bits per heavy atom. The predicted molar refractivity (Wildman–Crippen MR) is 68.7 cm³/mol. The molecule has 0 aromatic carbocycles. The minimum absolute atomic E-state index is 0.0366. The van der Waals surface area contributed by atoms with Gasteiger partial charge in [-0.25, -0.2) is 9.97 Å². The van der Waals surface area contributed by atoms with Crippen molar-refractivity contribution in [1.29, 1.82) is 0 Å². The number of hydrogen-bond acceptors (Lipinski definition) is 5. The zero-order chi connectivity index (χ0) is 12.4. The van der Waals surface area contributed by atoms with Crippen LogP contribution >= 0.6 is 11.3 Å². The van der Waals surface area contributed by atoms with E-state index in [1.54, 1.807) is 0 Å². The lowest BCUT2D eigenvalue weighted by Crippen LogP contribution is -2.32. The maximum Gasteiger partial charge on any atom is 0.260 e. The van der Waals surface area contributed by atoms with Gasteiger partial charge in [-0.15, -0.1) is 11.3 Å². The molecule has 2 aromatic heterocycles. The molecule has 2 aromatic rings. The second-order valence-corrected chi connectivity index (χ2v) is 5.09. The monoisotopic (exact) mass is 263 g/mol. The quantitative estimate of drug-likeness (QED) is 0.845. The fraction of sp³-hybridized carbons (Fsp3) is 0.417. The number of ether oxygens (including phenoxy) is 1. The van der Waals surface area contributed by atoms with E-state index in [0.717, 1.165) is 36.1 Å². The number of fused-ring (bicyclic) bond motifs is 1. The van der Waals surface area contributed by atoms with Gasteiger partial charge in [0.25, 0.3) is 5.91 Å². The minimum atomic E-state index is 0.0366. The van der Waals surface area contributed by atoms with Crippen LogP contribution in [0.15, 0.2) is 17.8 Å². The molecule has 18 heavy (non-hydrogen) atoms. The maximum absolute atomic E-state index is 11.9. The summed E-state index contributed by atoms with van der Waals surface area (Å²) in [6.07, 6.45) is 3.65. The Hall–Kier alpha value is -1.69. The Morgan fingerprint density at radius 3 is 3.06 bits per heavy atom. The van der Waals surface area contributed by atoms with Crippen molar-refractivity contribution in [2.75, 3.05) is 19.7 Å². The molecular weight excluding hydrogens is 250 g/mol. The van der Waals surface area contributed by atoms with Crippen molar-refractivity contribution >= 4 is 27.5 Å². The smallest absolute Gasteiger partial charge is 0.260 e. The average molecular weight is 263 g/mol. The maximum atomic E-state index is 11.9. The van der Waals surface area contributed by atoms with Crippen LogP contribution in [0.25, 0.3) is 10.2 Å². The second-order valence-electron chi connectivity index (χ2n) is 4.19. The molecule has 0 saturated carbocycles. The molecule has 0 atom stereocenters. The number of carbonyl (C=O) groups excluding carboxylic acids is 1. The highest BCUT2D eigenvalue weighted by Gasteiger charge is 2.18. The second kappa shape index (κ2) is 4.89. The molecule has 0 unspecified atom stereocenters. The van der Waals surface area contributed by atoms with Crippen molar-refractivity contribution in [2.45, 2.75) is 12.8 Å². The number of nitrogens with zero attached hydrogens (tertiary/aromatic N) is 3. The van der Waals surface area contributed by atoms with E-state index < -0.39 is 0 Å². The Bertz CT molecular complexity index is 563. The summed E-state index contributed by atoms with van der Waals surface area (Å²) in [4.78, 5) is 22.8. The lowest BCUT2D eigenvalue weighted by atomic mass is 10.4. The molecule has 0 radical (unpaired) electrons. The Kier molecular flexibility index (Phi) is 3.10. The van der Waals surface area contributed by atoms with Gasteiger partial charge in [-0.1, -0.05) is 0 Å². The summed E-state index contributed by atoms with van der Waals surface area (Å²) >= 11 is 1.53. The molecule has 0 aliphatic carbocycles. The molecule has 6 heteroatoms. The molecule has 0 bridgehead atoms. The summed E-state index contributed by atoms with van der Waals surface area (Å²) in [5.41, 5.74) is 0. The molecular formula is C12H13N3O2S. The van der Waals surface area contributed by atoms with Gasteiger partial charge in [-0.2, -0.15) is 0 Å². The first kappa shape index (κ1) is 11.4. The van der Waals surface area contributed by atoms with Crippen molar-refractivity contribution in [3.8, 4) is 5.88 Å². The summed E-state index contributed by atoms with van der Waals surface area (Å²) in [6.45, 7) is 1.75. The molecule has 0 N–H and O–H groups in total. The van der Waals surface area contributed by atoms with Gasteiger partial charge in [-0.3, -0.25) is 4.79 Å². The van der Waals surface area contributed by atoms with Gasteiger partial charge in [0.1, 0.15) is 11.2 Å². The lowest BCUT2D eigenvalue weighted by molar-refractivity contribution is -0.132. The van der Waals surface area contributed by atoms with Crippen LogP contribution in [-0.2, 0) is 4.79 Å². The van der Waals surface area contributed by atoms with Gasteiger partial charge >= 0.3 is 0 Å². The summed E-state index contributed by atoms with van der Waals surface area (Å²) in [5.74, 6) is 0.531. The van der Waals surface area contributed by atoms with Crippen LogP contribution < -0.4 is 4.74 Å². The topological polar surface area (TPSA) is 55.3 Å². The van der Waals surface area contributed by atoms with Crippen LogP contribution in [0.4, 0.5) is 0 Å². The molecule has 1 amide bonds. The first-order chi connectivity index (χ1) is 8.84. The molecule has 1 aliphatic heterocycles. The van der Waals surface area contributed by atoms with Crippen molar-refractivity contribution in [3.63, 3.8) is 0 Å². The fourth-order valence-electron chi connectivity index (χ4n) is 2.07. The SMILES string of the molecule is O=C(COc1ncnc2sccc12)N1CCCC1. The number of rotatable bonds is 3. The van der Waals surface area contributed by atoms with Crippen LogP contribution in [0.3, 0.4) is 0 Å². The number of carbonyl (C=O) groups is 1. The van der Waals surface area contributed by atoms with E-state index >= 15 is 0 Å². The highest BCUT2D eigenvalue weighted by Crippen LogP contribution is 2.25. The molecule has 1 aliphatic rings. The summed E-state index contributed by atoms with van der Waals surface area (Å²) < 4.78 is 5.52. The molecule has 0 spiro atoms. The van der Waals surface area contributed by atoms with Gasteiger partial charge in [0.2, 0.25) is 5.88 Å². The standard InChI is InChI=1S/C12H13N3O2S/c16-10(15-4-1-2-5-15)7-17-11-9-3-6-18-12(9)14-8-13-11/h3,6,8H,1-2,4-5,7H2. The van der Waals surface area contributed by atoms with Gasteiger partial charge in [0.05, 0.1) is 5.39 Å². The first-order valence-electron chi connectivity index (χ1n) is 5.93. The largest absolute Gasteiger partial charge is 0.467 e. The van der Waals surface area contributed by atoms with E-state index in [9.17, 15) is 4.79 Å². The summed E-state index contributed by atoms with van der Waals surface area (Å²) in [5, 5.41) is 2.81. The predicted octanol–water partition coefficient (Wildman–Crippen LogP) is 1.69. The van der Waals surface area contributed by atoms with Crippen molar-refractivity contribution in [3.05, 3.63) is 17.8 Å². The number of likely N-dealkylation sites (tertiary alicyclic amines) is 1. The van der Waals surface area contributed by atoms with E-state index in [4.69, 9.17) is 4.74 Å². The Labute approximate surface area is 108 Å². The number of thiophene rings is 1. The van der Waals surface area contributed by atoms with Crippen LogP contribution in [0.1, 0.15) is 12.8 Å². The van der Waals surface area contributed by atoms with Crippen LogP contribution in [0.2, 0.25) is 0 Å². The summed E-state index contributed by atoms with van der Waals surface area (Å²) in [7, 11) is 0. The van der Waals surface area contributed by atoms with Crippen molar-refractivity contribution in [2.24, 2.45) is 0 Å². The number of aromatic nitrogens is 2. The van der Waals surface area contributed by atoms with E-state index in [-0.39, 0.29) is 12.5 Å². The first-order valence-corrected chi connectivity index (χ1v) is 6.81. The highest BCUT2D eigenvalue weighted by molar-refractivity contribution is 7.16. The molecule has 3 rings (SSSR count). The molecule has 1 fully saturated rings. The third-order valence-electron chi connectivity index (χ3n) is 3.02. The Morgan fingerprint density at radius 1 is 1.39 bits per heavy atom. The number of amides is 1. The fourth-order valence-corrected chi connectivity index (χ4v) is 2.79. The van der Waals surface area contributed by atoms with Crippen LogP contribution in [0.5, 0.6) is 5.88 Å². The van der Waals surface area contributed by atoms with Crippen molar-refractivity contribution < 1.29 is 9.53 Å². The van der Waals surface area contributed by atoms with E-state index in [0.29, 0.717) is 5.88 Å². The average Bonchev–Trinajstić information content (AvgIpc) is 3.05. The molecule has 3 heterocycles. The van der Waals surface area contributed by atoms with Gasteiger partial charge in [0, 0.05) is 13.1 Å². The lowest BCUT2D eigenvalue weighted by Gasteiger charge is -2.15. The zero-order valence-electron chi connectivity index (χ0n) is 9.83. The van der Waals surface area contributed by atoms with Gasteiger partial charge in [-0.05, 0) is 24.3 Å². The normalized spacial score (nSPS) is 15.2. The van der Waals surface area contributed by atoms with Gasteiger partial charge < -0.3 is 9.64 Å². The van der Waals surface area contributed by atoms with E-state index in [2.05, 4.69) is 9.97 Å². The molecule has 5 nitrogen and oxygen atoms in total. The van der Waals surface area contributed by atoms with Crippen molar-refractivity contribution in [1.82, 2.24) is 14.9 Å². The third kappa shape index (κ3) is 2.15. The van der Waals surface area contributed by atoms with Gasteiger partial charge in [0.15, 0.2) is 6.61 Å². The van der Waals surface area contributed by atoms with E-state index in [1.807, 2.05) is 16.3 Å². The van der Waals surface area contributed by atoms with Crippen LogP contribution in [0, 0.1) is 0 Å². The highest BCUT2D eigenvalue weighted by atomic mass is 32.1. The van der Waals surface area contributed by atoms with Crippen LogP contribution in [-0.4, -0.2) is 40.5 Å². The Balaban J connectivity index is 1.69. The summed E-state index contributed by atoms with van der Waals surface area (Å²) in [6, 6.07) is 1.91. The zero-order valence-corrected chi connectivity index (χ0v) is 10.7. The molecule has 94 valence electrons. The van der Waals surface area contributed by atoms with E-state index in [1.165, 1.54) is 17.7 Å². The molecule has 1 saturated heterocycles. The minimum Gasteiger partial charge on any atom is -0.467 e. The third-order valence-corrected chi connectivity index (χ3v) is 3.84.